The number of rotatable bonds is 3. The normalized spacial score (nSPS) is 11.3. The molecule has 4 heteroatoms. The summed E-state index contributed by atoms with van der Waals surface area (Å²) in [6.45, 7) is 6.36. The smallest absolute Gasteiger partial charge is 0.242 e. The lowest BCUT2D eigenvalue weighted by molar-refractivity contribution is 0.401. The van der Waals surface area contributed by atoms with Crippen molar-refractivity contribution >= 4 is 11.0 Å². The SMILES string of the molecule is CCc1cc2c(ncn2C(C)C)c(OC)n1. The van der Waals surface area contributed by atoms with E-state index in [1.807, 2.05) is 6.33 Å². The Balaban J connectivity index is 2.71. The van der Waals surface area contributed by atoms with Crippen molar-refractivity contribution < 1.29 is 4.74 Å². The van der Waals surface area contributed by atoms with E-state index < -0.39 is 0 Å². The molecule has 0 saturated carbocycles. The molecular formula is C12H17N3O. The highest BCUT2D eigenvalue weighted by molar-refractivity contribution is 5.80. The maximum absolute atomic E-state index is 5.28. The molecule has 0 radical (unpaired) electrons. The molecule has 0 aromatic carbocycles. The summed E-state index contributed by atoms with van der Waals surface area (Å²) in [5.74, 6) is 0.619. The second-order valence-electron chi connectivity index (χ2n) is 4.09. The Morgan fingerprint density at radius 3 is 2.75 bits per heavy atom. The van der Waals surface area contributed by atoms with Gasteiger partial charge in [-0.2, -0.15) is 0 Å². The molecule has 0 spiro atoms. The summed E-state index contributed by atoms with van der Waals surface area (Å²) in [6, 6.07) is 2.48. The van der Waals surface area contributed by atoms with E-state index in [1.54, 1.807) is 7.11 Å². The van der Waals surface area contributed by atoms with Crippen LogP contribution in [0.1, 0.15) is 32.5 Å². The number of ether oxygens (including phenoxy) is 1. The third kappa shape index (κ3) is 1.64. The Morgan fingerprint density at radius 2 is 2.19 bits per heavy atom. The molecule has 0 atom stereocenters. The molecule has 0 bridgehead atoms. The average Bonchev–Trinajstić information content (AvgIpc) is 2.71. The van der Waals surface area contributed by atoms with Crippen molar-refractivity contribution in [2.24, 2.45) is 0 Å². The monoisotopic (exact) mass is 219 g/mol. The van der Waals surface area contributed by atoms with E-state index in [9.17, 15) is 0 Å². The number of imidazole rings is 1. The fourth-order valence-electron chi connectivity index (χ4n) is 1.79. The Hall–Kier alpha value is -1.58. The van der Waals surface area contributed by atoms with E-state index in [2.05, 4.69) is 41.4 Å². The lowest BCUT2D eigenvalue weighted by Crippen LogP contribution is -2.00. The molecule has 0 amide bonds. The predicted octanol–water partition coefficient (Wildman–Crippen LogP) is 2.58. The average molecular weight is 219 g/mol. The van der Waals surface area contributed by atoms with Crippen molar-refractivity contribution in [3.8, 4) is 5.88 Å². The predicted molar refractivity (Wildman–Crippen MR) is 63.8 cm³/mol. The van der Waals surface area contributed by atoms with Gasteiger partial charge in [0.1, 0.15) is 0 Å². The highest BCUT2D eigenvalue weighted by Gasteiger charge is 2.12. The lowest BCUT2D eigenvalue weighted by atomic mass is 10.2. The van der Waals surface area contributed by atoms with Gasteiger partial charge < -0.3 is 9.30 Å². The second kappa shape index (κ2) is 4.12. The number of methoxy groups -OCH3 is 1. The molecule has 0 fully saturated rings. The first-order valence-corrected chi connectivity index (χ1v) is 5.57. The first-order valence-electron chi connectivity index (χ1n) is 5.57. The third-order valence-electron chi connectivity index (χ3n) is 2.70. The van der Waals surface area contributed by atoms with E-state index in [0.717, 1.165) is 23.1 Å². The van der Waals surface area contributed by atoms with Gasteiger partial charge in [-0.05, 0) is 26.3 Å². The van der Waals surface area contributed by atoms with Crippen LogP contribution in [0.3, 0.4) is 0 Å². The van der Waals surface area contributed by atoms with Gasteiger partial charge in [0, 0.05) is 11.7 Å². The maximum atomic E-state index is 5.28. The molecule has 16 heavy (non-hydrogen) atoms. The molecule has 4 nitrogen and oxygen atoms in total. The van der Waals surface area contributed by atoms with Crippen LogP contribution in [0.25, 0.3) is 11.0 Å². The van der Waals surface area contributed by atoms with Crippen LogP contribution in [0.4, 0.5) is 0 Å². The fourth-order valence-corrected chi connectivity index (χ4v) is 1.79. The van der Waals surface area contributed by atoms with Gasteiger partial charge in [-0.15, -0.1) is 0 Å². The van der Waals surface area contributed by atoms with Crippen molar-refractivity contribution in [3.05, 3.63) is 18.1 Å². The molecule has 2 rings (SSSR count). The van der Waals surface area contributed by atoms with E-state index in [4.69, 9.17) is 4.74 Å². The van der Waals surface area contributed by atoms with Gasteiger partial charge in [-0.3, -0.25) is 0 Å². The lowest BCUT2D eigenvalue weighted by Gasteiger charge is -2.09. The molecule has 0 N–H and O–H groups in total. The summed E-state index contributed by atoms with van der Waals surface area (Å²) in [5.41, 5.74) is 2.97. The van der Waals surface area contributed by atoms with Crippen molar-refractivity contribution in [2.45, 2.75) is 33.2 Å². The van der Waals surface area contributed by atoms with Crippen LogP contribution >= 0.6 is 0 Å². The van der Waals surface area contributed by atoms with Crippen molar-refractivity contribution in [2.75, 3.05) is 7.11 Å². The number of hydrogen-bond donors (Lipinski definition) is 0. The Labute approximate surface area is 95.3 Å². The highest BCUT2D eigenvalue weighted by atomic mass is 16.5. The Bertz CT molecular complexity index is 502. The standard InChI is InChI=1S/C12H17N3O/c1-5-9-6-10-11(12(14-9)16-4)13-7-15(10)8(2)3/h6-8H,5H2,1-4H3. The first-order chi connectivity index (χ1) is 7.67. The topological polar surface area (TPSA) is 39.9 Å². The maximum Gasteiger partial charge on any atom is 0.242 e. The van der Waals surface area contributed by atoms with Crippen LogP contribution in [0.2, 0.25) is 0 Å². The summed E-state index contributed by atoms with van der Waals surface area (Å²) in [6.07, 6.45) is 2.74. The summed E-state index contributed by atoms with van der Waals surface area (Å²) in [4.78, 5) is 8.77. The molecule has 2 aromatic rings. The van der Waals surface area contributed by atoms with Crippen molar-refractivity contribution in [3.63, 3.8) is 0 Å². The molecule has 2 heterocycles. The van der Waals surface area contributed by atoms with Gasteiger partial charge in [0.05, 0.1) is 19.0 Å². The highest BCUT2D eigenvalue weighted by Crippen LogP contribution is 2.25. The summed E-state index contributed by atoms with van der Waals surface area (Å²) in [7, 11) is 1.63. The van der Waals surface area contributed by atoms with Gasteiger partial charge in [0.25, 0.3) is 0 Å². The number of nitrogens with zero attached hydrogens (tertiary/aromatic N) is 3. The molecule has 0 saturated heterocycles. The van der Waals surface area contributed by atoms with Crippen LogP contribution < -0.4 is 4.74 Å². The van der Waals surface area contributed by atoms with E-state index in [0.29, 0.717) is 11.9 Å². The number of aryl methyl sites for hydroxylation is 1. The second-order valence-corrected chi connectivity index (χ2v) is 4.09. The number of fused-ring (bicyclic) bond motifs is 1. The molecule has 0 unspecified atom stereocenters. The van der Waals surface area contributed by atoms with Crippen LogP contribution in [-0.2, 0) is 6.42 Å². The molecule has 2 aromatic heterocycles. The minimum atomic E-state index is 0.391. The molecule has 0 aliphatic rings. The third-order valence-corrected chi connectivity index (χ3v) is 2.70. The van der Waals surface area contributed by atoms with Gasteiger partial charge in [0.15, 0.2) is 5.52 Å². The zero-order valence-electron chi connectivity index (χ0n) is 10.2. The van der Waals surface area contributed by atoms with Gasteiger partial charge in [0.2, 0.25) is 5.88 Å². The van der Waals surface area contributed by atoms with E-state index in [1.165, 1.54) is 0 Å². The van der Waals surface area contributed by atoms with Crippen molar-refractivity contribution in [1.29, 1.82) is 0 Å². The Morgan fingerprint density at radius 1 is 1.44 bits per heavy atom. The molecule has 86 valence electrons. The fraction of sp³-hybridized carbons (Fsp3) is 0.500. The Kier molecular flexibility index (Phi) is 2.81. The number of hydrogen-bond acceptors (Lipinski definition) is 3. The van der Waals surface area contributed by atoms with Gasteiger partial charge in [-0.1, -0.05) is 6.92 Å². The van der Waals surface area contributed by atoms with Crippen LogP contribution in [0.15, 0.2) is 12.4 Å². The summed E-state index contributed by atoms with van der Waals surface area (Å²) >= 11 is 0. The van der Waals surface area contributed by atoms with Gasteiger partial charge in [-0.25, -0.2) is 9.97 Å². The number of aromatic nitrogens is 3. The van der Waals surface area contributed by atoms with E-state index in [-0.39, 0.29) is 0 Å². The largest absolute Gasteiger partial charge is 0.479 e. The zero-order valence-corrected chi connectivity index (χ0v) is 10.2. The summed E-state index contributed by atoms with van der Waals surface area (Å²) in [5, 5.41) is 0. The summed E-state index contributed by atoms with van der Waals surface area (Å²) < 4.78 is 7.41. The van der Waals surface area contributed by atoms with E-state index >= 15 is 0 Å². The minimum Gasteiger partial charge on any atom is -0.479 e. The van der Waals surface area contributed by atoms with Gasteiger partial charge >= 0.3 is 0 Å². The quantitative estimate of drug-likeness (QED) is 0.796. The number of pyridine rings is 1. The van der Waals surface area contributed by atoms with Crippen LogP contribution in [0.5, 0.6) is 5.88 Å². The van der Waals surface area contributed by atoms with Crippen molar-refractivity contribution in [1.82, 2.24) is 14.5 Å². The van der Waals surface area contributed by atoms with Crippen LogP contribution in [0, 0.1) is 0 Å². The first kappa shape index (κ1) is 10.9. The van der Waals surface area contributed by atoms with Crippen LogP contribution in [-0.4, -0.2) is 21.6 Å². The molecule has 0 aliphatic heterocycles. The zero-order chi connectivity index (χ0) is 11.7. The molecular weight excluding hydrogens is 202 g/mol. The minimum absolute atomic E-state index is 0.391. The molecule has 0 aliphatic carbocycles.